The molecule has 6 nitrogen and oxygen atoms in total. The van der Waals surface area contributed by atoms with Crippen LogP contribution in [0.2, 0.25) is 0 Å². The van der Waals surface area contributed by atoms with Crippen LogP contribution in [0, 0.1) is 20.8 Å². The number of carbonyl (C=O) groups excluding carboxylic acids is 1. The van der Waals surface area contributed by atoms with Crippen LogP contribution >= 0.6 is 0 Å². The van der Waals surface area contributed by atoms with Crippen molar-refractivity contribution in [2.24, 2.45) is 0 Å². The topological polar surface area (TPSA) is 73.2 Å². The number of hydrogen-bond acceptors (Lipinski definition) is 4. The van der Waals surface area contributed by atoms with Crippen LogP contribution in [0.5, 0.6) is 5.75 Å². The zero-order chi connectivity index (χ0) is 20.8. The fraction of sp³-hybridized carbons (Fsp3) is 0.261. The van der Waals surface area contributed by atoms with Crippen molar-refractivity contribution in [1.29, 1.82) is 0 Å². The average Bonchev–Trinajstić information content (AvgIpc) is 2.68. The minimum Gasteiger partial charge on any atom is -0.484 e. The molecule has 0 atom stereocenters. The van der Waals surface area contributed by atoms with Gasteiger partial charge in [-0.1, -0.05) is 35.9 Å². The third-order valence-corrected chi connectivity index (χ3v) is 4.42. The Balaban J connectivity index is 1.54. The van der Waals surface area contributed by atoms with E-state index in [1.807, 2.05) is 63.2 Å². The summed E-state index contributed by atoms with van der Waals surface area (Å²) < 4.78 is 6.91. The van der Waals surface area contributed by atoms with Gasteiger partial charge in [0.2, 0.25) is 0 Å². The molecule has 0 aliphatic carbocycles. The van der Waals surface area contributed by atoms with E-state index in [1.54, 1.807) is 6.07 Å². The zero-order valence-electron chi connectivity index (χ0n) is 16.9. The van der Waals surface area contributed by atoms with E-state index < -0.39 is 0 Å². The number of aryl methyl sites for hydroxylation is 3. The lowest BCUT2D eigenvalue weighted by Crippen LogP contribution is -2.34. The molecule has 150 valence electrons. The Morgan fingerprint density at radius 2 is 1.66 bits per heavy atom. The number of benzene rings is 2. The second-order valence-electron chi connectivity index (χ2n) is 7.11. The minimum absolute atomic E-state index is 0.0748. The van der Waals surface area contributed by atoms with Crippen molar-refractivity contribution >= 4 is 5.91 Å². The van der Waals surface area contributed by atoms with Gasteiger partial charge < -0.3 is 10.1 Å². The Kier molecular flexibility index (Phi) is 6.44. The Hall–Kier alpha value is -3.41. The fourth-order valence-corrected chi connectivity index (χ4v) is 3.00. The monoisotopic (exact) mass is 391 g/mol. The summed E-state index contributed by atoms with van der Waals surface area (Å²) in [6.07, 6.45) is 0. The molecule has 6 heteroatoms. The van der Waals surface area contributed by atoms with Crippen LogP contribution in [-0.2, 0) is 11.3 Å². The van der Waals surface area contributed by atoms with Crippen molar-refractivity contribution < 1.29 is 9.53 Å². The molecule has 1 aromatic heterocycles. The molecule has 0 saturated heterocycles. The van der Waals surface area contributed by atoms with E-state index in [0.29, 0.717) is 18.0 Å². The van der Waals surface area contributed by atoms with Gasteiger partial charge in [0.25, 0.3) is 11.5 Å². The van der Waals surface area contributed by atoms with Crippen LogP contribution in [0.3, 0.4) is 0 Å². The van der Waals surface area contributed by atoms with Crippen LogP contribution in [0.25, 0.3) is 11.3 Å². The van der Waals surface area contributed by atoms with E-state index in [9.17, 15) is 9.59 Å². The highest BCUT2D eigenvalue weighted by Crippen LogP contribution is 2.16. The first-order chi connectivity index (χ1) is 13.9. The Morgan fingerprint density at radius 3 is 2.34 bits per heavy atom. The summed E-state index contributed by atoms with van der Waals surface area (Å²) in [7, 11) is 0. The van der Waals surface area contributed by atoms with Crippen molar-refractivity contribution in [2.75, 3.05) is 13.2 Å². The van der Waals surface area contributed by atoms with Crippen molar-refractivity contribution in [3.05, 3.63) is 81.6 Å². The van der Waals surface area contributed by atoms with Gasteiger partial charge >= 0.3 is 0 Å². The van der Waals surface area contributed by atoms with Gasteiger partial charge in [-0.2, -0.15) is 5.10 Å². The van der Waals surface area contributed by atoms with E-state index in [1.165, 1.54) is 10.7 Å². The number of rotatable bonds is 7. The summed E-state index contributed by atoms with van der Waals surface area (Å²) in [4.78, 5) is 24.1. The molecule has 0 spiro atoms. The molecule has 0 aliphatic rings. The van der Waals surface area contributed by atoms with Gasteiger partial charge in [0, 0.05) is 18.2 Å². The molecule has 0 saturated carbocycles. The number of nitrogens with one attached hydrogen (secondary N) is 1. The molecular weight excluding hydrogens is 366 g/mol. The van der Waals surface area contributed by atoms with Gasteiger partial charge in [0.1, 0.15) is 5.75 Å². The maximum Gasteiger partial charge on any atom is 0.266 e. The highest BCUT2D eigenvalue weighted by atomic mass is 16.5. The number of ether oxygens (including phenoxy) is 1. The molecule has 0 bridgehead atoms. The van der Waals surface area contributed by atoms with Crippen LogP contribution in [0.1, 0.15) is 16.7 Å². The van der Waals surface area contributed by atoms with Crippen LogP contribution < -0.4 is 15.6 Å². The van der Waals surface area contributed by atoms with Gasteiger partial charge in [-0.05, 0) is 50.1 Å². The van der Waals surface area contributed by atoms with Gasteiger partial charge in [-0.15, -0.1) is 0 Å². The molecular formula is C23H25N3O3. The molecule has 2 aromatic carbocycles. The van der Waals surface area contributed by atoms with E-state index >= 15 is 0 Å². The quantitative estimate of drug-likeness (QED) is 0.672. The Labute approximate surface area is 170 Å². The molecule has 0 fully saturated rings. The predicted octanol–water partition coefficient (Wildman–Crippen LogP) is 3.03. The first kappa shape index (κ1) is 20.3. The smallest absolute Gasteiger partial charge is 0.266 e. The van der Waals surface area contributed by atoms with Gasteiger partial charge in [0.15, 0.2) is 6.61 Å². The van der Waals surface area contributed by atoms with Crippen LogP contribution in [-0.4, -0.2) is 28.8 Å². The molecule has 29 heavy (non-hydrogen) atoms. The van der Waals surface area contributed by atoms with Gasteiger partial charge in [-0.3, -0.25) is 9.59 Å². The largest absolute Gasteiger partial charge is 0.484 e. The molecule has 1 amide bonds. The number of nitrogens with zero attached hydrogens (tertiary/aromatic N) is 2. The third-order valence-electron chi connectivity index (χ3n) is 4.42. The molecule has 3 rings (SSSR count). The zero-order valence-corrected chi connectivity index (χ0v) is 16.9. The lowest BCUT2D eigenvalue weighted by atomic mass is 10.1. The first-order valence-corrected chi connectivity index (χ1v) is 9.54. The maximum absolute atomic E-state index is 12.1. The Bertz CT molecular complexity index is 1040. The third kappa shape index (κ3) is 5.78. The highest BCUT2D eigenvalue weighted by Gasteiger charge is 2.06. The molecule has 0 radical (unpaired) electrons. The standard InChI is InChI=1S/C23H25N3O3/c1-16-4-6-19(7-5-16)21-8-9-23(28)26(25-21)11-10-24-22(27)15-29-20-13-17(2)12-18(3)14-20/h4-9,12-14H,10-11,15H2,1-3H3,(H,24,27). The summed E-state index contributed by atoms with van der Waals surface area (Å²) in [5.41, 5.74) is 4.78. The molecule has 3 aromatic rings. The average molecular weight is 391 g/mol. The van der Waals surface area contributed by atoms with E-state index in [4.69, 9.17) is 4.74 Å². The number of hydrogen-bond donors (Lipinski definition) is 1. The molecule has 1 N–H and O–H groups in total. The number of carbonyl (C=O) groups is 1. The second kappa shape index (κ2) is 9.19. The lowest BCUT2D eigenvalue weighted by molar-refractivity contribution is -0.123. The summed E-state index contributed by atoms with van der Waals surface area (Å²) >= 11 is 0. The SMILES string of the molecule is Cc1ccc(-c2ccc(=O)n(CCNC(=O)COc3cc(C)cc(C)c3)n2)cc1. The fourth-order valence-electron chi connectivity index (χ4n) is 3.00. The van der Waals surface area contributed by atoms with Crippen molar-refractivity contribution in [3.8, 4) is 17.0 Å². The van der Waals surface area contributed by atoms with Crippen molar-refractivity contribution in [3.63, 3.8) is 0 Å². The molecule has 0 aliphatic heterocycles. The first-order valence-electron chi connectivity index (χ1n) is 9.54. The minimum atomic E-state index is -0.244. The maximum atomic E-state index is 12.1. The summed E-state index contributed by atoms with van der Waals surface area (Å²) in [6, 6.07) is 17.0. The van der Waals surface area contributed by atoms with Crippen LogP contribution in [0.4, 0.5) is 0 Å². The Morgan fingerprint density at radius 1 is 0.966 bits per heavy atom. The van der Waals surface area contributed by atoms with E-state index in [0.717, 1.165) is 22.3 Å². The number of aromatic nitrogens is 2. The van der Waals surface area contributed by atoms with Gasteiger partial charge in [0.05, 0.1) is 12.2 Å². The van der Waals surface area contributed by atoms with Gasteiger partial charge in [-0.25, -0.2) is 4.68 Å². The summed E-state index contributed by atoms with van der Waals surface area (Å²) in [6.45, 7) is 6.48. The van der Waals surface area contributed by atoms with Crippen molar-refractivity contribution in [2.45, 2.75) is 27.3 Å². The molecule has 0 unspecified atom stereocenters. The van der Waals surface area contributed by atoms with Crippen LogP contribution in [0.15, 0.2) is 59.4 Å². The second-order valence-corrected chi connectivity index (χ2v) is 7.11. The normalized spacial score (nSPS) is 10.6. The summed E-state index contributed by atoms with van der Waals surface area (Å²) in [5, 5.41) is 7.16. The highest BCUT2D eigenvalue weighted by molar-refractivity contribution is 5.77. The van der Waals surface area contributed by atoms with E-state index in [-0.39, 0.29) is 24.6 Å². The van der Waals surface area contributed by atoms with Crippen molar-refractivity contribution in [1.82, 2.24) is 15.1 Å². The number of amides is 1. The van der Waals surface area contributed by atoms with E-state index in [2.05, 4.69) is 10.4 Å². The predicted molar refractivity (Wildman–Crippen MR) is 113 cm³/mol. The molecule has 1 heterocycles. The lowest BCUT2D eigenvalue weighted by Gasteiger charge is -2.10. The summed E-state index contributed by atoms with van der Waals surface area (Å²) in [5.74, 6) is 0.424.